The Bertz CT molecular complexity index is 838. The van der Waals surface area contributed by atoms with E-state index in [-0.39, 0.29) is 24.4 Å². The van der Waals surface area contributed by atoms with Crippen molar-refractivity contribution in [2.75, 3.05) is 13.1 Å². The van der Waals surface area contributed by atoms with Gasteiger partial charge in [0.25, 0.3) is 5.69 Å². The molecule has 2 aromatic rings. The Hall–Kier alpha value is -3.42. The van der Waals surface area contributed by atoms with Gasteiger partial charge in [-0.05, 0) is 30.5 Å². The Morgan fingerprint density at radius 3 is 2.50 bits per heavy atom. The zero-order valence-corrected chi connectivity index (χ0v) is 15.2. The Balaban J connectivity index is 1.51. The van der Waals surface area contributed by atoms with Gasteiger partial charge < -0.3 is 14.4 Å². The lowest BCUT2D eigenvalue weighted by Gasteiger charge is -2.31. The fourth-order valence-corrected chi connectivity index (χ4v) is 2.95. The number of nitrogens with zero attached hydrogens (tertiary/aromatic N) is 2. The molecule has 1 heterocycles. The van der Waals surface area contributed by atoms with Crippen molar-refractivity contribution in [1.82, 2.24) is 4.90 Å². The number of esters is 1. The Kier molecular flexibility index (Phi) is 6.21. The molecule has 8 heteroatoms. The van der Waals surface area contributed by atoms with E-state index in [1.807, 2.05) is 30.3 Å². The maximum Gasteiger partial charge on any atom is 0.410 e. The van der Waals surface area contributed by atoms with Crippen LogP contribution < -0.4 is 0 Å². The molecule has 1 aliphatic rings. The van der Waals surface area contributed by atoms with Crippen molar-refractivity contribution in [3.8, 4) is 0 Å². The van der Waals surface area contributed by atoms with E-state index in [2.05, 4.69) is 0 Å². The van der Waals surface area contributed by atoms with E-state index in [1.165, 1.54) is 29.2 Å². The predicted molar refractivity (Wildman–Crippen MR) is 99.7 cm³/mol. The van der Waals surface area contributed by atoms with Gasteiger partial charge in [0.1, 0.15) is 12.7 Å². The molecule has 0 unspecified atom stereocenters. The van der Waals surface area contributed by atoms with Crippen molar-refractivity contribution in [3.63, 3.8) is 0 Å². The molecular formula is C20H20N2O6. The van der Waals surface area contributed by atoms with Crippen LogP contribution in [-0.4, -0.2) is 41.1 Å². The summed E-state index contributed by atoms with van der Waals surface area (Å²) in [5.74, 6) is -0.570. The van der Waals surface area contributed by atoms with Gasteiger partial charge in [-0.2, -0.15) is 0 Å². The highest BCUT2D eigenvalue weighted by atomic mass is 16.6. The largest absolute Gasteiger partial charge is 0.457 e. The number of amides is 1. The Morgan fingerprint density at radius 2 is 1.82 bits per heavy atom. The van der Waals surface area contributed by atoms with E-state index >= 15 is 0 Å². The first-order valence-corrected chi connectivity index (χ1v) is 8.94. The molecule has 146 valence electrons. The summed E-state index contributed by atoms with van der Waals surface area (Å²) in [6.45, 7) is 0.981. The quantitative estimate of drug-likeness (QED) is 0.444. The van der Waals surface area contributed by atoms with Crippen LogP contribution in [-0.2, 0) is 16.1 Å². The summed E-state index contributed by atoms with van der Waals surface area (Å²) < 4.78 is 10.8. The highest BCUT2D eigenvalue weighted by Crippen LogP contribution is 2.18. The summed E-state index contributed by atoms with van der Waals surface area (Å²) in [5, 5.41) is 10.7. The fraction of sp³-hybridized carbons (Fsp3) is 0.300. The molecule has 8 nitrogen and oxygen atoms in total. The van der Waals surface area contributed by atoms with Crippen LogP contribution in [0.3, 0.4) is 0 Å². The van der Waals surface area contributed by atoms with Crippen molar-refractivity contribution in [2.24, 2.45) is 0 Å². The van der Waals surface area contributed by atoms with E-state index in [0.29, 0.717) is 19.4 Å². The molecule has 0 N–H and O–H groups in total. The van der Waals surface area contributed by atoms with Gasteiger partial charge in [0.05, 0.1) is 17.0 Å². The Morgan fingerprint density at radius 1 is 1.11 bits per heavy atom. The van der Waals surface area contributed by atoms with Gasteiger partial charge in [0, 0.05) is 18.7 Å². The van der Waals surface area contributed by atoms with E-state index in [9.17, 15) is 19.7 Å². The third-order valence-electron chi connectivity index (χ3n) is 4.43. The van der Waals surface area contributed by atoms with Crippen LogP contribution in [0.25, 0.3) is 0 Å². The van der Waals surface area contributed by atoms with E-state index in [4.69, 9.17) is 9.47 Å². The zero-order chi connectivity index (χ0) is 19.9. The highest BCUT2D eigenvalue weighted by Gasteiger charge is 2.27. The number of benzene rings is 2. The fourth-order valence-electron chi connectivity index (χ4n) is 2.95. The van der Waals surface area contributed by atoms with Gasteiger partial charge in [0.15, 0.2) is 0 Å². The summed E-state index contributed by atoms with van der Waals surface area (Å²) in [5.41, 5.74) is 1.03. The number of piperidine rings is 1. The lowest BCUT2D eigenvalue weighted by atomic mass is 10.1. The van der Waals surface area contributed by atoms with Gasteiger partial charge in [-0.1, -0.05) is 30.3 Å². The van der Waals surface area contributed by atoms with Gasteiger partial charge in [-0.25, -0.2) is 9.59 Å². The maximum absolute atomic E-state index is 12.3. The molecule has 0 aromatic heterocycles. The van der Waals surface area contributed by atoms with Crippen molar-refractivity contribution < 1.29 is 24.0 Å². The lowest BCUT2D eigenvalue weighted by Crippen LogP contribution is -2.44. The van der Waals surface area contributed by atoms with Crippen LogP contribution >= 0.6 is 0 Å². The first-order valence-electron chi connectivity index (χ1n) is 8.94. The van der Waals surface area contributed by atoms with Gasteiger partial charge in [0.2, 0.25) is 0 Å². The summed E-state index contributed by atoms with van der Waals surface area (Å²) in [6.07, 6.45) is 0.445. The molecule has 0 saturated carbocycles. The van der Waals surface area contributed by atoms with Crippen molar-refractivity contribution in [3.05, 3.63) is 75.8 Å². The molecule has 1 fully saturated rings. The number of hydrogen-bond acceptors (Lipinski definition) is 6. The van der Waals surface area contributed by atoms with E-state index < -0.39 is 23.1 Å². The number of rotatable bonds is 5. The number of ether oxygens (including phenoxy) is 2. The third kappa shape index (κ3) is 5.06. The first-order chi connectivity index (χ1) is 13.5. The van der Waals surface area contributed by atoms with E-state index in [1.54, 1.807) is 0 Å². The third-order valence-corrected chi connectivity index (χ3v) is 4.43. The molecule has 0 spiro atoms. The van der Waals surface area contributed by atoms with Gasteiger partial charge in [-0.3, -0.25) is 10.1 Å². The zero-order valence-electron chi connectivity index (χ0n) is 15.2. The van der Waals surface area contributed by atoms with Crippen molar-refractivity contribution in [2.45, 2.75) is 25.6 Å². The Labute approximate surface area is 161 Å². The molecule has 1 saturated heterocycles. The number of hydrogen-bond donors (Lipinski definition) is 0. The lowest BCUT2D eigenvalue weighted by molar-refractivity contribution is -0.384. The van der Waals surface area contributed by atoms with Crippen LogP contribution in [0.5, 0.6) is 0 Å². The average Bonchev–Trinajstić information content (AvgIpc) is 2.73. The molecule has 0 bridgehead atoms. The van der Waals surface area contributed by atoms with Crippen LogP contribution in [0, 0.1) is 10.1 Å². The number of non-ortho nitro benzene ring substituents is 1. The second-order valence-corrected chi connectivity index (χ2v) is 6.46. The van der Waals surface area contributed by atoms with Crippen LogP contribution in [0.15, 0.2) is 54.6 Å². The maximum atomic E-state index is 12.3. The summed E-state index contributed by atoms with van der Waals surface area (Å²) in [4.78, 5) is 36.2. The minimum absolute atomic E-state index is 0.0958. The van der Waals surface area contributed by atoms with Crippen molar-refractivity contribution in [1.29, 1.82) is 0 Å². The van der Waals surface area contributed by atoms with E-state index in [0.717, 1.165) is 5.56 Å². The number of likely N-dealkylation sites (tertiary alicyclic amines) is 1. The summed E-state index contributed by atoms with van der Waals surface area (Å²) >= 11 is 0. The smallest absolute Gasteiger partial charge is 0.410 e. The van der Waals surface area contributed by atoms with Crippen molar-refractivity contribution >= 4 is 17.7 Å². The van der Waals surface area contributed by atoms with Gasteiger partial charge in [-0.15, -0.1) is 0 Å². The molecule has 28 heavy (non-hydrogen) atoms. The summed E-state index contributed by atoms with van der Waals surface area (Å²) in [7, 11) is 0. The number of nitro benzene ring substituents is 1. The second kappa shape index (κ2) is 8.98. The molecule has 1 amide bonds. The average molecular weight is 384 g/mol. The SMILES string of the molecule is O=C(O[C@@H]1CCCN(C(=O)OCc2ccccc2)C1)c1ccc([N+](=O)[O-])cc1. The normalized spacial score (nSPS) is 16.3. The predicted octanol–water partition coefficient (Wildman–Crippen LogP) is 3.55. The van der Waals surface area contributed by atoms with Crippen LogP contribution in [0.4, 0.5) is 10.5 Å². The number of carbonyl (C=O) groups excluding carboxylic acids is 2. The molecule has 0 radical (unpaired) electrons. The molecule has 1 aliphatic heterocycles. The second-order valence-electron chi connectivity index (χ2n) is 6.46. The minimum Gasteiger partial charge on any atom is -0.457 e. The first kappa shape index (κ1) is 19.3. The molecule has 0 aliphatic carbocycles. The molecular weight excluding hydrogens is 364 g/mol. The minimum atomic E-state index is -0.570. The molecule has 2 aromatic carbocycles. The highest BCUT2D eigenvalue weighted by molar-refractivity contribution is 5.89. The van der Waals surface area contributed by atoms with Gasteiger partial charge >= 0.3 is 12.1 Å². The number of carbonyl (C=O) groups is 2. The topological polar surface area (TPSA) is 99.0 Å². The molecule has 1 atom stereocenters. The van der Waals surface area contributed by atoms with Crippen LogP contribution in [0.2, 0.25) is 0 Å². The number of nitro groups is 1. The summed E-state index contributed by atoms with van der Waals surface area (Å²) in [6, 6.07) is 14.6. The monoisotopic (exact) mass is 384 g/mol. The van der Waals surface area contributed by atoms with Crippen LogP contribution in [0.1, 0.15) is 28.8 Å². The standard InChI is InChI=1S/C20H20N2O6/c23-19(16-8-10-17(11-9-16)22(25)26)28-18-7-4-12-21(13-18)20(24)27-14-15-5-2-1-3-6-15/h1-3,5-6,8-11,18H,4,7,12-14H2/t18-/m1/s1. The molecule has 3 rings (SSSR count).